The van der Waals surface area contributed by atoms with Gasteiger partial charge in [-0.1, -0.05) is 24.0 Å². The number of nitrogens with zero attached hydrogens (tertiary/aromatic N) is 2. The number of ether oxygens (including phenoxy) is 2. The molecule has 0 amide bonds. The molecule has 2 rings (SSSR count). The van der Waals surface area contributed by atoms with Crippen LogP contribution in [0.15, 0.2) is 24.3 Å². The van der Waals surface area contributed by atoms with E-state index in [9.17, 15) is 10.1 Å². The molecule has 1 aromatic carbocycles. The first kappa shape index (κ1) is 20.0. The van der Waals surface area contributed by atoms with Gasteiger partial charge in [-0.15, -0.1) is 0 Å². The van der Waals surface area contributed by atoms with Crippen LogP contribution in [0.3, 0.4) is 0 Å². The smallest absolute Gasteiger partial charge is 0.310 e. The molecule has 10 heteroatoms. The van der Waals surface area contributed by atoms with E-state index >= 15 is 0 Å². The maximum atomic E-state index is 10.8. The molecular weight excluding hydrogens is 338 g/mol. The molecule has 0 bridgehead atoms. The third kappa shape index (κ3) is 8.56. The molecule has 1 atom stereocenters. The largest absolute Gasteiger partial charge is 0.760 e. The quantitative estimate of drug-likeness (QED) is 0.349. The molecule has 132 valence electrons. The first-order chi connectivity index (χ1) is 11.5. The van der Waals surface area contributed by atoms with E-state index < -0.39 is 16.2 Å². The summed E-state index contributed by atoms with van der Waals surface area (Å²) in [6.07, 6.45) is 0. The highest BCUT2D eigenvalue weighted by atomic mass is 32.2. The summed E-state index contributed by atoms with van der Waals surface area (Å²) in [6.45, 7) is 4.08. The van der Waals surface area contributed by atoms with Crippen molar-refractivity contribution < 1.29 is 23.2 Å². The molecule has 0 aliphatic carbocycles. The van der Waals surface area contributed by atoms with E-state index in [1.807, 2.05) is 0 Å². The Hall–Kier alpha value is -2.03. The van der Waals surface area contributed by atoms with Crippen molar-refractivity contribution in [1.29, 1.82) is 0 Å². The Kier molecular flexibility index (Phi) is 9.59. The number of hydrogen-bond acceptors (Lipinski definition) is 7. The summed E-state index contributed by atoms with van der Waals surface area (Å²) in [5, 5.41) is 14.8. The van der Waals surface area contributed by atoms with Crippen molar-refractivity contribution in [1.82, 2.24) is 4.90 Å². The number of nitro benzene ring substituents is 1. The van der Waals surface area contributed by atoms with Crippen LogP contribution in [0.1, 0.15) is 0 Å². The lowest BCUT2D eigenvalue weighted by atomic mass is 10.3. The van der Waals surface area contributed by atoms with Gasteiger partial charge in [0, 0.05) is 30.4 Å². The summed E-state index contributed by atoms with van der Waals surface area (Å²) in [7, 11) is 0. The summed E-state index contributed by atoms with van der Waals surface area (Å²) in [6, 6.07) is 6.29. The fraction of sp³-hybridized carbons (Fsp3) is 0.429. The zero-order chi connectivity index (χ0) is 17.8. The van der Waals surface area contributed by atoms with E-state index in [1.54, 1.807) is 18.2 Å². The predicted octanol–water partition coefficient (Wildman–Crippen LogP) is 0.0484. The van der Waals surface area contributed by atoms with Crippen LogP contribution >= 0.6 is 0 Å². The van der Waals surface area contributed by atoms with Crippen molar-refractivity contribution >= 4 is 17.0 Å². The molecule has 9 nitrogen and oxygen atoms in total. The molecule has 1 saturated heterocycles. The second kappa shape index (κ2) is 11.5. The summed E-state index contributed by atoms with van der Waals surface area (Å²) in [4.78, 5) is 12.5. The Balaban J connectivity index is 0.000000648. The molecule has 1 aromatic rings. The van der Waals surface area contributed by atoms with Gasteiger partial charge in [0.15, 0.2) is 5.75 Å². The van der Waals surface area contributed by atoms with Gasteiger partial charge < -0.3 is 14.0 Å². The van der Waals surface area contributed by atoms with E-state index in [2.05, 4.69) is 21.9 Å². The zero-order valence-corrected chi connectivity index (χ0v) is 13.7. The lowest BCUT2D eigenvalue weighted by Gasteiger charge is -2.24. The Morgan fingerprint density at radius 2 is 1.96 bits per heavy atom. The minimum absolute atomic E-state index is 0.0394. The molecule has 2 N–H and O–H groups in total. The van der Waals surface area contributed by atoms with Gasteiger partial charge in [0.2, 0.25) is 0 Å². The van der Waals surface area contributed by atoms with Crippen molar-refractivity contribution in [3.8, 4) is 17.6 Å². The van der Waals surface area contributed by atoms with Crippen LogP contribution in [-0.2, 0) is 16.0 Å². The molecule has 0 radical (unpaired) electrons. The second-order valence-electron chi connectivity index (χ2n) is 4.52. The van der Waals surface area contributed by atoms with Crippen molar-refractivity contribution in [3.63, 3.8) is 0 Å². The van der Waals surface area contributed by atoms with Crippen molar-refractivity contribution in [2.24, 2.45) is 5.14 Å². The van der Waals surface area contributed by atoms with Gasteiger partial charge >= 0.3 is 5.69 Å². The van der Waals surface area contributed by atoms with Crippen LogP contribution in [0.5, 0.6) is 5.75 Å². The third-order valence-electron chi connectivity index (χ3n) is 2.89. The number of morpholine rings is 1. The van der Waals surface area contributed by atoms with Crippen LogP contribution < -0.4 is 9.88 Å². The van der Waals surface area contributed by atoms with E-state index in [0.717, 1.165) is 26.3 Å². The summed E-state index contributed by atoms with van der Waals surface area (Å²) < 4.78 is 28.1. The van der Waals surface area contributed by atoms with Crippen LogP contribution in [0.2, 0.25) is 0 Å². The summed E-state index contributed by atoms with van der Waals surface area (Å²) in [5.41, 5.74) is -0.0394. The Morgan fingerprint density at radius 1 is 1.33 bits per heavy atom. The Morgan fingerprint density at radius 3 is 2.58 bits per heavy atom. The molecule has 0 spiro atoms. The summed E-state index contributed by atoms with van der Waals surface area (Å²) >= 11 is -2.36. The Bertz CT molecular complexity index is 606. The molecule has 1 aliphatic rings. The fourth-order valence-corrected chi connectivity index (χ4v) is 1.82. The molecule has 0 aromatic heterocycles. The lowest BCUT2D eigenvalue weighted by molar-refractivity contribution is -0.385. The maximum absolute atomic E-state index is 10.8. The number of benzene rings is 1. The number of rotatable bonds is 4. The molecule has 1 heterocycles. The minimum Gasteiger partial charge on any atom is -0.760 e. The van der Waals surface area contributed by atoms with Gasteiger partial charge in [-0.05, 0) is 6.07 Å². The highest BCUT2D eigenvalue weighted by Crippen LogP contribution is 2.25. The van der Waals surface area contributed by atoms with Crippen LogP contribution in [0, 0.1) is 22.0 Å². The summed E-state index contributed by atoms with van der Waals surface area (Å²) in [5.74, 6) is 6.12. The van der Waals surface area contributed by atoms with Gasteiger partial charge in [-0.25, -0.2) is 0 Å². The van der Waals surface area contributed by atoms with Crippen molar-refractivity contribution in [3.05, 3.63) is 34.4 Å². The van der Waals surface area contributed by atoms with Gasteiger partial charge in [0.05, 0.1) is 24.7 Å². The zero-order valence-electron chi connectivity index (χ0n) is 12.9. The number of para-hydroxylation sites is 2. The van der Waals surface area contributed by atoms with Crippen LogP contribution in [-0.4, -0.2) is 58.0 Å². The van der Waals surface area contributed by atoms with Crippen LogP contribution in [0.4, 0.5) is 5.69 Å². The van der Waals surface area contributed by atoms with Gasteiger partial charge in [0.1, 0.15) is 6.61 Å². The topological polar surface area (TPSA) is 131 Å². The number of nitro groups is 1. The van der Waals surface area contributed by atoms with E-state index in [4.69, 9.17) is 18.2 Å². The van der Waals surface area contributed by atoms with E-state index in [-0.39, 0.29) is 18.0 Å². The fourth-order valence-electron chi connectivity index (χ4n) is 1.82. The standard InChI is InChI=1S/C14H16N2O4.H3NO2S/c17-16(18)13-5-1-2-6-14(13)20-10-4-3-7-15-8-11-19-12-9-15;1-4(2)3/h1-2,5-6H,7-12H2;1H2,(H,2,3)/p-1. The molecule has 0 saturated carbocycles. The molecule has 1 unspecified atom stereocenters. The third-order valence-corrected chi connectivity index (χ3v) is 2.89. The normalized spacial score (nSPS) is 15.2. The molecular formula is C14H18N3O6S-. The van der Waals surface area contributed by atoms with Crippen LogP contribution in [0.25, 0.3) is 0 Å². The van der Waals surface area contributed by atoms with Gasteiger partial charge in [0.25, 0.3) is 0 Å². The monoisotopic (exact) mass is 356 g/mol. The SMILES string of the molecule is NS(=O)[O-].O=[N+]([O-])c1ccccc1OCC#CCN1CCOCC1. The van der Waals surface area contributed by atoms with E-state index in [1.165, 1.54) is 6.07 Å². The highest BCUT2D eigenvalue weighted by Gasteiger charge is 2.12. The van der Waals surface area contributed by atoms with Crippen molar-refractivity contribution in [2.45, 2.75) is 0 Å². The molecule has 1 fully saturated rings. The number of nitrogens with two attached hydrogens (primary N) is 1. The number of hydrogen-bond donors (Lipinski definition) is 1. The first-order valence-electron chi connectivity index (χ1n) is 6.96. The lowest BCUT2D eigenvalue weighted by Crippen LogP contribution is -2.36. The minimum atomic E-state index is -2.36. The maximum Gasteiger partial charge on any atom is 0.310 e. The predicted molar refractivity (Wildman–Crippen MR) is 86.7 cm³/mol. The van der Waals surface area contributed by atoms with Gasteiger partial charge in [-0.3, -0.25) is 24.4 Å². The van der Waals surface area contributed by atoms with Gasteiger partial charge in [-0.2, -0.15) is 0 Å². The Labute approximate surface area is 142 Å². The average Bonchev–Trinajstić information content (AvgIpc) is 2.55. The highest BCUT2D eigenvalue weighted by molar-refractivity contribution is 7.76. The average molecular weight is 356 g/mol. The van der Waals surface area contributed by atoms with Crippen molar-refractivity contribution in [2.75, 3.05) is 39.5 Å². The molecule has 24 heavy (non-hydrogen) atoms. The second-order valence-corrected chi connectivity index (χ2v) is 5.04. The van der Waals surface area contributed by atoms with E-state index in [0.29, 0.717) is 6.54 Å². The first-order valence-corrected chi connectivity index (χ1v) is 8.10. The molecule has 1 aliphatic heterocycles.